The summed E-state index contributed by atoms with van der Waals surface area (Å²) in [4.78, 5) is 0. The van der Waals surface area contributed by atoms with Gasteiger partial charge in [0.15, 0.2) is 0 Å². The molecule has 0 bridgehead atoms. The number of benzene rings is 1. The quantitative estimate of drug-likeness (QED) is 0.813. The van der Waals surface area contributed by atoms with Crippen molar-refractivity contribution in [1.29, 1.82) is 5.26 Å². The third-order valence-corrected chi connectivity index (χ3v) is 1.83. The Morgan fingerprint density at radius 1 is 1.33 bits per heavy atom. The van der Waals surface area contributed by atoms with Crippen molar-refractivity contribution in [2.24, 2.45) is 5.73 Å². The monoisotopic (exact) mass is 204 g/mol. The number of ether oxygens (including phenoxy) is 1. The molecule has 0 spiro atoms. The Morgan fingerprint density at radius 2 is 1.93 bits per heavy atom. The van der Waals surface area contributed by atoms with Crippen LogP contribution in [0.5, 0.6) is 0 Å². The molecular formula is C12H16N2O. The molecule has 0 aromatic heterocycles. The van der Waals surface area contributed by atoms with E-state index in [1.165, 1.54) is 0 Å². The molecule has 0 atom stereocenters. The van der Waals surface area contributed by atoms with Crippen molar-refractivity contribution in [3.63, 3.8) is 0 Å². The summed E-state index contributed by atoms with van der Waals surface area (Å²) in [7, 11) is 0. The Labute approximate surface area is 90.5 Å². The Hall–Kier alpha value is -1.37. The molecule has 1 aromatic carbocycles. The van der Waals surface area contributed by atoms with Crippen LogP contribution in [0.3, 0.4) is 0 Å². The van der Waals surface area contributed by atoms with Gasteiger partial charge in [0.1, 0.15) is 0 Å². The minimum atomic E-state index is -0.299. The van der Waals surface area contributed by atoms with Gasteiger partial charge in [-0.1, -0.05) is 12.1 Å². The standard InChI is InChI=1S/C12H16N2O/c1-12(2,14)9-15-8-11-5-3-10(7-13)4-6-11/h3-6H,8-9,14H2,1-2H3. The first-order valence-corrected chi connectivity index (χ1v) is 4.87. The average molecular weight is 204 g/mol. The third-order valence-electron chi connectivity index (χ3n) is 1.83. The smallest absolute Gasteiger partial charge is 0.0991 e. The molecule has 0 saturated carbocycles. The van der Waals surface area contributed by atoms with Crippen LogP contribution in [0, 0.1) is 11.3 Å². The highest BCUT2D eigenvalue weighted by Gasteiger charge is 2.09. The van der Waals surface area contributed by atoms with Gasteiger partial charge in [0.2, 0.25) is 0 Å². The van der Waals surface area contributed by atoms with E-state index in [2.05, 4.69) is 6.07 Å². The first-order valence-electron chi connectivity index (χ1n) is 4.87. The first kappa shape index (κ1) is 11.7. The topological polar surface area (TPSA) is 59.0 Å². The molecule has 0 radical (unpaired) electrons. The molecule has 0 aliphatic carbocycles. The van der Waals surface area contributed by atoms with Crippen molar-refractivity contribution in [2.75, 3.05) is 6.61 Å². The highest BCUT2D eigenvalue weighted by atomic mass is 16.5. The normalized spacial score (nSPS) is 11.1. The predicted molar refractivity (Wildman–Crippen MR) is 59.1 cm³/mol. The van der Waals surface area contributed by atoms with Gasteiger partial charge in [0.05, 0.1) is 24.8 Å². The van der Waals surface area contributed by atoms with E-state index in [-0.39, 0.29) is 5.54 Å². The lowest BCUT2D eigenvalue weighted by Crippen LogP contribution is -2.37. The van der Waals surface area contributed by atoms with Crippen molar-refractivity contribution in [3.05, 3.63) is 35.4 Å². The molecule has 80 valence electrons. The second-order valence-corrected chi connectivity index (χ2v) is 4.29. The molecule has 0 amide bonds. The number of nitriles is 1. The van der Waals surface area contributed by atoms with Crippen molar-refractivity contribution >= 4 is 0 Å². The Morgan fingerprint density at radius 3 is 2.40 bits per heavy atom. The zero-order valence-corrected chi connectivity index (χ0v) is 9.16. The zero-order chi connectivity index (χ0) is 11.3. The Balaban J connectivity index is 2.42. The minimum absolute atomic E-state index is 0.299. The summed E-state index contributed by atoms with van der Waals surface area (Å²) in [6.07, 6.45) is 0. The van der Waals surface area contributed by atoms with Crippen LogP contribution in [0.4, 0.5) is 0 Å². The van der Waals surface area contributed by atoms with Crippen LogP contribution in [0.2, 0.25) is 0 Å². The number of nitrogens with two attached hydrogens (primary N) is 1. The van der Waals surface area contributed by atoms with Gasteiger partial charge in [-0.15, -0.1) is 0 Å². The highest BCUT2D eigenvalue weighted by Crippen LogP contribution is 2.06. The van der Waals surface area contributed by atoms with Gasteiger partial charge >= 0.3 is 0 Å². The van der Waals surface area contributed by atoms with Gasteiger partial charge in [-0.05, 0) is 31.5 Å². The number of nitrogens with zero attached hydrogens (tertiary/aromatic N) is 1. The number of rotatable bonds is 4. The molecule has 1 rings (SSSR count). The minimum Gasteiger partial charge on any atom is -0.375 e. The maximum absolute atomic E-state index is 8.61. The van der Waals surface area contributed by atoms with Crippen LogP contribution in [-0.2, 0) is 11.3 Å². The van der Waals surface area contributed by atoms with E-state index in [1.807, 2.05) is 26.0 Å². The summed E-state index contributed by atoms with van der Waals surface area (Å²) < 4.78 is 5.45. The Bertz CT molecular complexity index is 343. The molecule has 0 heterocycles. The van der Waals surface area contributed by atoms with Crippen molar-refractivity contribution in [3.8, 4) is 6.07 Å². The molecule has 0 fully saturated rings. The summed E-state index contributed by atoms with van der Waals surface area (Å²) in [6.45, 7) is 4.90. The summed E-state index contributed by atoms with van der Waals surface area (Å²) in [6, 6.07) is 9.42. The lowest BCUT2D eigenvalue weighted by atomic mass is 10.1. The summed E-state index contributed by atoms with van der Waals surface area (Å²) in [5, 5.41) is 8.61. The van der Waals surface area contributed by atoms with Gasteiger partial charge in [-0.2, -0.15) is 5.26 Å². The van der Waals surface area contributed by atoms with Gasteiger partial charge in [-0.25, -0.2) is 0 Å². The number of hydrogen-bond acceptors (Lipinski definition) is 3. The zero-order valence-electron chi connectivity index (χ0n) is 9.16. The molecule has 15 heavy (non-hydrogen) atoms. The summed E-state index contributed by atoms with van der Waals surface area (Å²) in [5.74, 6) is 0. The summed E-state index contributed by atoms with van der Waals surface area (Å²) >= 11 is 0. The second-order valence-electron chi connectivity index (χ2n) is 4.29. The largest absolute Gasteiger partial charge is 0.375 e. The van der Waals surface area contributed by atoms with E-state index in [1.54, 1.807) is 12.1 Å². The fourth-order valence-electron chi connectivity index (χ4n) is 1.11. The van der Waals surface area contributed by atoms with Crippen molar-refractivity contribution < 1.29 is 4.74 Å². The molecule has 1 aromatic rings. The molecule has 3 nitrogen and oxygen atoms in total. The van der Waals surface area contributed by atoms with Crippen molar-refractivity contribution in [1.82, 2.24) is 0 Å². The molecule has 2 N–H and O–H groups in total. The van der Waals surface area contributed by atoms with E-state index in [4.69, 9.17) is 15.7 Å². The fourth-order valence-corrected chi connectivity index (χ4v) is 1.11. The molecule has 0 aliphatic heterocycles. The SMILES string of the molecule is CC(C)(N)COCc1ccc(C#N)cc1. The van der Waals surface area contributed by atoms with Gasteiger partial charge < -0.3 is 10.5 Å². The lowest BCUT2D eigenvalue weighted by molar-refractivity contribution is 0.0851. The highest BCUT2D eigenvalue weighted by molar-refractivity contribution is 5.31. The van der Waals surface area contributed by atoms with E-state index >= 15 is 0 Å². The summed E-state index contributed by atoms with van der Waals surface area (Å²) in [5.41, 5.74) is 7.20. The molecule has 3 heteroatoms. The van der Waals surface area contributed by atoms with Crippen molar-refractivity contribution in [2.45, 2.75) is 26.0 Å². The van der Waals surface area contributed by atoms with Crippen LogP contribution >= 0.6 is 0 Å². The maximum Gasteiger partial charge on any atom is 0.0991 e. The van der Waals surface area contributed by atoms with Gasteiger partial charge in [0, 0.05) is 5.54 Å². The fraction of sp³-hybridized carbons (Fsp3) is 0.417. The first-order chi connectivity index (χ1) is 7.01. The predicted octanol–water partition coefficient (Wildman–Crippen LogP) is 1.81. The maximum atomic E-state index is 8.61. The van der Waals surface area contributed by atoms with Crippen LogP contribution in [0.1, 0.15) is 25.0 Å². The van der Waals surface area contributed by atoms with Crippen LogP contribution in [0.15, 0.2) is 24.3 Å². The molecule has 0 aliphatic rings. The third kappa shape index (κ3) is 4.59. The van der Waals surface area contributed by atoms with Crippen LogP contribution in [0.25, 0.3) is 0 Å². The van der Waals surface area contributed by atoms with E-state index in [0.717, 1.165) is 5.56 Å². The van der Waals surface area contributed by atoms with Gasteiger partial charge in [-0.3, -0.25) is 0 Å². The molecule has 0 saturated heterocycles. The lowest BCUT2D eigenvalue weighted by Gasteiger charge is -2.18. The van der Waals surface area contributed by atoms with E-state index in [9.17, 15) is 0 Å². The second kappa shape index (κ2) is 4.92. The van der Waals surface area contributed by atoms with E-state index < -0.39 is 0 Å². The average Bonchev–Trinajstić information content (AvgIpc) is 2.17. The van der Waals surface area contributed by atoms with Crippen LogP contribution < -0.4 is 5.73 Å². The molecule has 0 unspecified atom stereocenters. The Kier molecular flexibility index (Phi) is 3.84. The van der Waals surface area contributed by atoms with Crippen LogP contribution in [-0.4, -0.2) is 12.1 Å². The van der Waals surface area contributed by atoms with Gasteiger partial charge in [0.25, 0.3) is 0 Å². The number of hydrogen-bond donors (Lipinski definition) is 1. The molecular weight excluding hydrogens is 188 g/mol. The van der Waals surface area contributed by atoms with E-state index in [0.29, 0.717) is 18.8 Å².